The summed E-state index contributed by atoms with van der Waals surface area (Å²) in [5, 5.41) is 2.10. The quantitative estimate of drug-likeness (QED) is 0.528. The molecule has 0 N–H and O–H groups in total. The minimum Gasteiger partial charge on any atom is -0.133 e. The van der Waals surface area contributed by atoms with Crippen molar-refractivity contribution in [1.29, 1.82) is 0 Å². The maximum atomic E-state index is 3.75. The highest BCUT2D eigenvalue weighted by Gasteiger charge is 2.21. The lowest BCUT2D eigenvalue weighted by Crippen LogP contribution is -2.09. The third-order valence-electron chi connectivity index (χ3n) is 1.57. The predicted molar refractivity (Wildman–Crippen MR) is 44.4 cm³/mol. The van der Waals surface area contributed by atoms with Gasteiger partial charge in [0.2, 0.25) is 0 Å². The second kappa shape index (κ2) is 2.44. The molecule has 0 spiro atoms. The van der Waals surface area contributed by atoms with Gasteiger partial charge in [0.25, 0.3) is 0 Å². The Morgan fingerprint density at radius 2 is 2.11 bits per heavy atom. The van der Waals surface area contributed by atoms with Gasteiger partial charge < -0.3 is 0 Å². The Hall–Kier alpha value is -0.430. The van der Waals surface area contributed by atoms with Crippen LogP contribution in [0.2, 0.25) is 0 Å². The zero-order chi connectivity index (χ0) is 6.74. The molecule has 0 bridgehead atoms. The molecule has 1 rings (SSSR count). The molecule has 0 saturated carbocycles. The molecule has 1 aliphatic heterocycles. The molecule has 0 fully saturated rings. The van der Waals surface area contributed by atoms with Gasteiger partial charge in [-0.3, -0.25) is 0 Å². The Bertz CT molecular complexity index is 148. The van der Waals surface area contributed by atoms with Crippen LogP contribution in [0.15, 0.2) is 36.8 Å². The van der Waals surface area contributed by atoms with Crippen LogP contribution in [0.1, 0.15) is 0 Å². The van der Waals surface area contributed by atoms with Crippen molar-refractivity contribution < 1.29 is 0 Å². The first-order chi connectivity index (χ1) is 4.33. The molecule has 0 unspecified atom stereocenters. The first-order valence-electron chi connectivity index (χ1n) is 2.89. The first kappa shape index (κ1) is 6.69. The summed E-state index contributed by atoms with van der Waals surface area (Å²) < 4.78 is 0. The molecule has 0 atom stereocenters. The molecular formula is C8H10S. The summed E-state index contributed by atoms with van der Waals surface area (Å²) in [5.74, 6) is 1.07. The van der Waals surface area contributed by atoms with Gasteiger partial charge in [0, 0.05) is 11.2 Å². The van der Waals surface area contributed by atoms with Crippen molar-refractivity contribution in [3.63, 3.8) is 0 Å². The van der Waals surface area contributed by atoms with E-state index in [9.17, 15) is 0 Å². The third kappa shape index (κ3) is 1.11. The lowest BCUT2D eigenvalue weighted by atomic mass is 9.92. The van der Waals surface area contributed by atoms with Gasteiger partial charge in [0.05, 0.1) is 0 Å². The highest BCUT2D eigenvalue weighted by atomic mass is 32.2. The molecule has 1 aliphatic rings. The summed E-state index contributed by atoms with van der Waals surface area (Å²) in [7, 11) is 0. The van der Waals surface area contributed by atoms with E-state index in [0.29, 0.717) is 0 Å². The monoisotopic (exact) mass is 138 g/mol. The van der Waals surface area contributed by atoms with Gasteiger partial charge in [0.1, 0.15) is 0 Å². The summed E-state index contributed by atoms with van der Waals surface area (Å²) in [6.07, 6.45) is 6.02. The molecule has 0 aliphatic carbocycles. The highest BCUT2D eigenvalue weighted by molar-refractivity contribution is 8.02. The lowest BCUT2D eigenvalue weighted by molar-refractivity contribution is 0.748. The van der Waals surface area contributed by atoms with Crippen molar-refractivity contribution in [1.82, 2.24) is 0 Å². The van der Waals surface area contributed by atoms with Gasteiger partial charge in [-0.1, -0.05) is 18.2 Å². The summed E-state index contributed by atoms with van der Waals surface area (Å²) in [5.41, 5.74) is 0.0880. The van der Waals surface area contributed by atoms with Crippen LogP contribution in [0, 0.1) is 5.41 Å². The lowest BCUT2D eigenvalue weighted by Gasteiger charge is -2.14. The van der Waals surface area contributed by atoms with Crippen molar-refractivity contribution in [2.45, 2.75) is 0 Å². The van der Waals surface area contributed by atoms with Crippen molar-refractivity contribution in [2.75, 3.05) is 5.75 Å². The molecule has 0 amide bonds. The number of hydrogen-bond acceptors (Lipinski definition) is 1. The third-order valence-corrected chi connectivity index (χ3v) is 2.56. The van der Waals surface area contributed by atoms with Gasteiger partial charge in [0.15, 0.2) is 0 Å². The second-order valence-corrected chi connectivity index (χ2v) is 3.03. The van der Waals surface area contributed by atoms with Crippen LogP contribution in [0.3, 0.4) is 0 Å². The van der Waals surface area contributed by atoms with Crippen LogP contribution in [0.5, 0.6) is 0 Å². The zero-order valence-electron chi connectivity index (χ0n) is 5.34. The van der Waals surface area contributed by atoms with Crippen LogP contribution in [-0.4, -0.2) is 5.75 Å². The smallest absolute Gasteiger partial charge is 0.0338 e. The Balaban J connectivity index is 2.79. The molecule has 0 aromatic carbocycles. The van der Waals surface area contributed by atoms with Gasteiger partial charge in [-0.2, -0.15) is 0 Å². The molecule has 1 heterocycles. The summed E-state index contributed by atoms with van der Waals surface area (Å²) in [6, 6.07) is 0. The Morgan fingerprint density at radius 1 is 1.44 bits per heavy atom. The van der Waals surface area contributed by atoms with Crippen LogP contribution in [-0.2, 0) is 0 Å². The zero-order valence-corrected chi connectivity index (χ0v) is 6.16. The first-order valence-corrected chi connectivity index (χ1v) is 3.94. The number of allylic oxidation sites excluding steroid dienone is 3. The Morgan fingerprint density at radius 3 is 2.33 bits per heavy atom. The fraction of sp³-hybridized carbons (Fsp3) is 0.250. The van der Waals surface area contributed by atoms with E-state index in [1.165, 1.54) is 0 Å². The Labute approximate surface area is 60.3 Å². The predicted octanol–water partition coefficient (Wildman–Crippen LogP) is 2.61. The van der Waals surface area contributed by atoms with Crippen LogP contribution in [0.25, 0.3) is 0 Å². The van der Waals surface area contributed by atoms with Gasteiger partial charge in [-0.15, -0.1) is 24.9 Å². The standard InChI is InChI=1S/C8H10S/c1-3-8(4-2)5-6-9-7-8/h3-6H,1-2,7H2. The molecule has 0 radical (unpaired) electrons. The van der Waals surface area contributed by atoms with E-state index in [2.05, 4.69) is 24.6 Å². The molecule has 1 heteroatoms. The molecule has 0 aromatic heterocycles. The van der Waals surface area contributed by atoms with Gasteiger partial charge in [-0.05, 0) is 5.41 Å². The molecule has 48 valence electrons. The van der Waals surface area contributed by atoms with E-state index < -0.39 is 0 Å². The number of hydrogen-bond donors (Lipinski definition) is 0. The van der Waals surface area contributed by atoms with Crippen LogP contribution >= 0.6 is 11.8 Å². The minimum absolute atomic E-state index is 0.0880. The Kier molecular flexibility index (Phi) is 1.81. The average molecular weight is 138 g/mol. The molecule has 0 nitrogen and oxygen atoms in total. The van der Waals surface area contributed by atoms with E-state index in [4.69, 9.17) is 0 Å². The van der Waals surface area contributed by atoms with Crippen molar-refractivity contribution >= 4 is 11.8 Å². The minimum atomic E-state index is 0.0880. The average Bonchev–Trinajstić information content (AvgIpc) is 2.36. The summed E-state index contributed by atoms with van der Waals surface area (Å²) in [6.45, 7) is 7.50. The maximum absolute atomic E-state index is 3.75. The van der Waals surface area contributed by atoms with Crippen molar-refractivity contribution in [3.05, 3.63) is 36.8 Å². The van der Waals surface area contributed by atoms with E-state index in [1.807, 2.05) is 23.9 Å². The van der Waals surface area contributed by atoms with Crippen LogP contribution in [0.4, 0.5) is 0 Å². The maximum Gasteiger partial charge on any atom is 0.0338 e. The number of thioether (sulfide) groups is 1. The van der Waals surface area contributed by atoms with Crippen molar-refractivity contribution in [3.8, 4) is 0 Å². The molecular weight excluding hydrogens is 128 g/mol. The largest absolute Gasteiger partial charge is 0.133 e. The van der Waals surface area contributed by atoms with Gasteiger partial charge in [-0.25, -0.2) is 0 Å². The topological polar surface area (TPSA) is 0 Å². The summed E-state index contributed by atoms with van der Waals surface area (Å²) >= 11 is 1.81. The molecule has 0 saturated heterocycles. The molecule has 9 heavy (non-hydrogen) atoms. The number of rotatable bonds is 2. The fourth-order valence-corrected chi connectivity index (χ4v) is 1.82. The SMILES string of the molecule is C=CC1(C=C)C=CSC1. The van der Waals surface area contributed by atoms with Gasteiger partial charge >= 0.3 is 0 Å². The van der Waals surface area contributed by atoms with Crippen LogP contribution < -0.4 is 0 Å². The van der Waals surface area contributed by atoms with E-state index in [-0.39, 0.29) is 5.41 Å². The highest BCUT2D eigenvalue weighted by Crippen LogP contribution is 2.34. The van der Waals surface area contributed by atoms with Crippen molar-refractivity contribution in [2.24, 2.45) is 5.41 Å². The normalized spacial score (nSPS) is 21.8. The molecule has 0 aromatic rings. The second-order valence-electron chi connectivity index (χ2n) is 2.13. The van der Waals surface area contributed by atoms with E-state index in [1.54, 1.807) is 0 Å². The fourth-order valence-electron chi connectivity index (χ4n) is 0.753. The van der Waals surface area contributed by atoms with E-state index in [0.717, 1.165) is 5.75 Å². The van der Waals surface area contributed by atoms with E-state index >= 15 is 0 Å². The summed E-state index contributed by atoms with van der Waals surface area (Å²) in [4.78, 5) is 0.